The summed E-state index contributed by atoms with van der Waals surface area (Å²) in [6.45, 7) is 4.81. The highest BCUT2D eigenvalue weighted by atomic mass is 16.4. The normalized spacial score (nSPS) is 11.5. The molecule has 3 rings (SSSR count). The third-order valence-electron chi connectivity index (χ3n) is 4.72. The molecular formula is C25H27N3O2. The number of carbonyl (C=O) groups is 1. The van der Waals surface area contributed by atoms with Gasteiger partial charge >= 0.3 is 5.97 Å². The smallest absolute Gasteiger partial charge is 0.335 e. The van der Waals surface area contributed by atoms with Gasteiger partial charge in [0.25, 0.3) is 0 Å². The molecule has 154 valence electrons. The lowest BCUT2D eigenvalue weighted by atomic mass is 9.99. The average molecular weight is 402 g/mol. The van der Waals surface area contributed by atoms with Crippen LogP contribution in [0.4, 0.5) is 0 Å². The zero-order chi connectivity index (χ0) is 21.3. The first-order valence-corrected chi connectivity index (χ1v) is 10.3. The molecule has 2 aromatic carbocycles. The first kappa shape index (κ1) is 21.2. The highest BCUT2D eigenvalue weighted by Crippen LogP contribution is 2.16. The van der Waals surface area contributed by atoms with Crippen LogP contribution in [0, 0.1) is 0 Å². The van der Waals surface area contributed by atoms with Gasteiger partial charge in [0.2, 0.25) is 0 Å². The van der Waals surface area contributed by atoms with Crippen molar-refractivity contribution in [1.82, 2.24) is 14.8 Å². The van der Waals surface area contributed by atoms with Gasteiger partial charge in [0.15, 0.2) is 11.6 Å². The zero-order valence-electron chi connectivity index (χ0n) is 17.5. The molecule has 0 unspecified atom stereocenters. The SMILES string of the molecule is CC/C=C/c1nc(/C=C/CC)n(Cc2ccc(Cc3ccccc3C(=O)O)cc2)n1. The van der Waals surface area contributed by atoms with Crippen LogP contribution in [0.15, 0.2) is 60.7 Å². The molecule has 0 saturated heterocycles. The van der Waals surface area contributed by atoms with Crippen molar-refractivity contribution >= 4 is 18.1 Å². The van der Waals surface area contributed by atoms with E-state index in [4.69, 9.17) is 0 Å². The Kier molecular flexibility index (Phi) is 7.33. The van der Waals surface area contributed by atoms with Crippen molar-refractivity contribution in [3.63, 3.8) is 0 Å². The quantitative estimate of drug-likeness (QED) is 0.517. The second-order valence-corrected chi connectivity index (χ2v) is 7.06. The van der Waals surface area contributed by atoms with Crippen LogP contribution in [0.3, 0.4) is 0 Å². The fourth-order valence-electron chi connectivity index (χ4n) is 3.17. The molecule has 1 N–H and O–H groups in total. The summed E-state index contributed by atoms with van der Waals surface area (Å²) in [5.41, 5.74) is 3.36. The number of rotatable bonds is 9. The van der Waals surface area contributed by atoms with Gasteiger partial charge in [-0.2, -0.15) is 5.10 Å². The van der Waals surface area contributed by atoms with Crippen LogP contribution in [-0.2, 0) is 13.0 Å². The van der Waals surface area contributed by atoms with E-state index in [2.05, 4.69) is 48.2 Å². The van der Waals surface area contributed by atoms with E-state index in [0.717, 1.165) is 41.2 Å². The van der Waals surface area contributed by atoms with Gasteiger partial charge in [-0.05, 0) is 54.2 Å². The highest BCUT2D eigenvalue weighted by molar-refractivity contribution is 5.89. The summed E-state index contributed by atoms with van der Waals surface area (Å²) in [6, 6.07) is 15.4. The molecule has 0 radical (unpaired) electrons. The second kappa shape index (κ2) is 10.3. The Morgan fingerprint density at radius 1 is 0.967 bits per heavy atom. The Morgan fingerprint density at radius 2 is 1.63 bits per heavy atom. The summed E-state index contributed by atoms with van der Waals surface area (Å²) in [5, 5.41) is 14.0. The number of benzene rings is 2. The summed E-state index contributed by atoms with van der Waals surface area (Å²) >= 11 is 0. The van der Waals surface area contributed by atoms with Crippen LogP contribution in [0.2, 0.25) is 0 Å². The van der Waals surface area contributed by atoms with Crippen molar-refractivity contribution in [2.24, 2.45) is 0 Å². The van der Waals surface area contributed by atoms with Gasteiger partial charge < -0.3 is 5.11 Å². The van der Waals surface area contributed by atoms with E-state index in [9.17, 15) is 9.90 Å². The molecule has 5 nitrogen and oxygen atoms in total. The molecular weight excluding hydrogens is 374 g/mol. The van der Waals surface area contributed by atoms with Crippen LogP contribution < -0.4 is 0 Å². The standard InChI is InChI=1S/C25H27N3O2/c1-3-5-11-23-26-24(12-6-4-2)28(27-23)18-20-15-13-19(14-16-20)17-21-9-7-8-10-22(21)25(29)30/h5-16H,3-4,17-18H2,1-2H3,(H,29,30)/b11-5+,12-6+. The van der Waals surface area contributed by atoms with E-state index in [-0.39, 0.29) is 0 Å². The summed E-state index contributed by atoms with van der Waals surface area (Å²) in [5.74, 6) is 0.663. The predicted octanol–water partition coefficient (Wildman–Crippen LogP) is 5.46. The molecule has 0 aliphatic carbocycles. The third kappa shape index (κ3) is 5.54. The number of nitrogens with zero attached hydrogens (tertiary/aromatic N) is 3. The Balaban J connectivity index is 1.77. The molecule has 1 aromatic heterocycles. The molecule has 3 aromatic rings. The number of hydrogen-bond acceptors (Lipinski definition) is 3. The van der Waals surface area contributed by atoms with E-state index in [1.54, 1.807) is 12.1 Å². The molecule has 0 aliphatic rings. The van der Waals surface area contributed by atoms with Crippen LogP contribution >= 0.6 is 0 Å². The Bertz CT molecular complexity index is 1050. The molecule has 0 fully saturated rings. The highest BCUT2D eigenvalue weighted by Gasteiger charge is 2.10. The second-order valence-electron chi connectivity index (χ2n) is 7.06. The van der Waals surface area contributed by atoms with Crippen LogP contribution in [0.5, 0.6) is 0 Å². The van der Waals surface area contributed by atoms with Crippen LogP contribution in [-0.4, -0.2) is 25.8 Å². The largest absolute Gasteiger partial charge is 0.478 e. The average Bonchev–Trinajstić information content (AvgIpc) is 3.13. The van der Waals surface area contributed by atoms with E-state index < -0.39 is 5.97 Å². The van der Waals surface area contributed by atoms with Gasteiger partial charge in [-0.25, -0.2) is 14.5 Å². The minimum Gasteiger partial charge on any atom is -0.478 e. The maximum absolute atomic E-state index is 11.4. The number of carboxylic acids is 1. The van der Waals surface area contributed by atoms with Crippen LogP contribution in [0.1, 0.15) is 65.4 Å². The van der Waals surface area contributed by atoms with Gasteiger partial charge in [0.05, 0.1) is 12.1 Å². The van der Waals surface area contributed by atoms with Gasteiger partial charge in [-0.3, -0.25) is 0 Å². The Morgan fingerprint density at radius 3 is 2.33 bits per heavy atom. The number of aromatic carboxylic acids is 1. The number of carboxylic acid groups (broad SMARTS) is 1. The van der Waals surface area contributed by atoms with Crippen molar-refractivity contribution in [2.45, 2.75) is 39.7 Å². The van der Waals surface area contributed by atoms with Gasteiger partial charge in [0.1, 0.15) is 0 Å². The molecule has 5 heteroatoms. The van der Waals surface area contributed by atoms with E-state index in [1.165, 1.54) is 0 Å². The van der Waals surface area contributed by atoms with E-state index >= 15 is 0 Å². The number of allylic oxidation sites excluding steroid dienone is 2. The van der Waals surface area contributed by atoms with Crippen molar-refractivity contribution in [3.05, 3.63) is 94.6 Å². The lowest BCUT2D eigenvalue weighted by Crippen LogP contribution is -2.05. The summed E-state index contributed by atoms with van der Waals surface area (Å²) < 4.78 is 1.91. The van der Waals surface area contributed by atoms with Crippen molar-refractivity contribution < 1.29 is 9.90 Å². The molecule has 0 spiro atoms. The number of aromatic nitrogens is 3. The fourth-order valence-corrected chi connectivity index (χ4v) is 3.17. The summed E-state index contributed by atoms with van der Waals surface area (Å²) in [4.78, 5) is 16.0. The monoisotopic (exact) mass is 401 g/mol. The predicted molar refractivity (Wildman–Crippen MR) is 120 cm³/mol. The van der Waals surface area contributed by atoms with Crippen molar-refractivity contribution in [3.8, 4) is 0 Å². The Hall–Kier alpha value is -3.47. The third-order valence-corrected chi connectivity index (χ3v) is 4.72. The van der Waals surface area contributed by atoms with E-state index in [0.29, 0.717) is 18.5 Å². The maximum atomic E-state index is 11.4. The molecule has 1 heterocycles. The van der Waals surface area contributed by atoms with Crippen LogP contribution in [0.25, 0.3) is 12.2 Å². The maximum Gasteiger partial charge on any atom is 0.335 e. The van der Waals surface area contributed by atoms with Gasteiger partial charge in [-0.15, -0.1) is 0 Å². The molecule has 0 aliphatic heterocycles. The molecule has 0 saturated carbocycles. The lowest BCUT2D eigenvalue weighted by Gasteiger charge is -2.08. The lowest BCUT2D eigenvalue weighted by molar-refractivity contribution is 0.0696. The van der Waals surface area contributed by atoms with Crippen molar-refractivity contribution in [1.29, 1.82) is 0 Å². The van der Waals surface area contributed by atoms with Gasteiger partial charge in [-0.1, -0.05) is 68.5 Å². The van der Waals surface area contributed by atoms with Gasteiger partial charge in [0, 0.05) is 0 Å². The number of hydrogen-bond donors (Lipinski definition) is 1. The fraction of sp³-hybridized carbons (Fsp3) is 0.240. The molecule has 0 atom stereocenters. The first-order chi connectivity index (χ1) is 14.6. The summed E-state index contributed by atoms with van der Waals surface area (Å²) in [7, 11) is 0. The molecule has 0 bridgehead atoms. The Labute approximate surface area is 177 Å². The molecule has 30 heavy (non-hydrogen) atoms. The molecule has 0 amide bonds. The minimum atomic E-state index is -0.894. The summed E-state index contributed by atoms with van der Waals surface area (Å²) in [6.07, 6.45) is 10.6. The van der Waals surface area contributed by atoms with E-state index in [1.807, 2.05) is 41.1 Å². The minimum absolute atomic E-state index is 0.351. The van der Waals surface area contributed by atoms with Crippen molar-refractivity contribution in [2.75, 3.05) is 0 Å². The topological polar surface area (TPSA) is 68.0 Å². The first-order valence-electron chi connectivity index (χ1n) is 10.3. The zero-order valence-corrected chi connectivity index (χ0v) is 17.5.